The van der Waals surface area contributed by atoms with Gasteiger partial charge < -0.3 is 14.8 Å². The highest BCUT2D eigenvalue weighted by molar-refractivity contribution is 5.43. The summed E-state index contributed by atoms with van der Waals surface area (Å²) < 4.78 is 11.1. The molecule has 18 heavy (non-hydrogen) atoms. The third-order valence-electron chi connectivity index (χ3n) is 3.05. The minimum atomic E-state index is -0.0191. The maximum absolute atomic E-state index is 5.71. The molecule has 0 heterocycles. The van der Waals surface area contributed by atoms with Crippen LogP contribution >= 0.6 is 0 Å². The molecule has 2 rings (SSSR count). The van der Waals surface area contributed by atoms with Crippen molar-refractivity contribution in [1.82, 2.24) is 5.32 Å². The van der Waals surface area contributed by atoms with Crippen LogP contribution in [-0.4, -0.2) is 19.3 Å². The highest BCUT2D eigenvalue weighted by Crippen LogP contribution is 2.29. The van der Waals surface area contributed by atoms with Crippen molar-refractivity contribution in [3.8, 4) is 11.5 Å². The molecule has 1 aliphatic rings. The largest absolute Gasteiger partial charge is 0.493 e. The van der Waals surface area contributed by atoms with Gasteiger partial charge in [-0.1, -0.05) is 18.7 Å². The highest BCUT2D eigenvalue weighted by atomic mass is 16.5. The zero-order valence-corrected chi connectivity index (χ0v) is 11.1. The van der Waals surface area contributed by atoms with Gasteiger partial charge in [0.15, 0.2) is 11.5 Å². The summed E-state index contributed by atoms with van der Waals surface area (Å²) in [6, 6.07) is 6.78. The van der Waals surface area contributed by atoms with Crippen LogP contribution in [0.1, 0.15) is 25.3 Å². The van der Waals surface area contributed by atoms with Crippen molar-refractivity contribution in [2.75, 3.05) is 7.11 Å². The summed E-state index contributed by atoms with van der Waals surface area (Å²) in [7, 11) is 1.67. The fraction of sp³-hybridized carbons (Fsp3) is 0.467. The minimum absolute atomic E-state index is 0.0191. The molecule has 0 amide bonds. The summed E-state index contributed by atoms with van der Waals surface area (Å²) in [5, 5.41) is 3.48. The summed E-state index contributed by atoms with van der Waals surface area (Å²) in [6.45, 7) is 6.55. The molecule has 1 atom stereocenters. The Morgan fingerprint density at radius 3 is 2.83 bits per heavy atom. The molecule has 0 aliphatic heterocycles. The first kappa shape index (κ1) is 13.0. The average molecular weight is 247 g/mol. The second-order valence-electron chi connectivity index (χ2n) is 4.70. The van der Waals surface area contributed by atoms with E-state index in [1.807, 2.05) is 19.1 Å². The molecule has 1 aromatic rings. The van der Waals surface area contributed by atoms with Gasteiger partial charge in [0.2, 0.25) is 0 Å². The van der Waals surface area contributed by atoms with E-state index in [-0.39, 0.29) is 6.10 Å². The Bertz CT molecular complexity index is 413. The van der Waals surface area contributed by atoms with E-state index in [9.17, 15) is 0 Å². The van der Waals surface area contributed by atoms with Crippen LogP contribution < -0.4 is 14.8 Å². The lowest BCUT2D eigenvalue weighted by Gasteiger charge is -2.15. The Kier molecular flexibility index (Phi) is 4.26. The number of nitrogens with one attached hydrogen (secondary N) is 1. The standard InChI is InChI=1S/C15H21NO2/c1-4-11(2)18-14-8-5-12(9-15(14)17-3)10-16-13-6-7-13/h4-5,8-9,11,13,16H,1,6-7,10H2,2-3H3. The Morgan fingerprint density at radius 1 is 1.44 bits per heavy atom. The van der Waals surface area contributed by atoms with Crippen LogP contribution in [0.2, 0.25) is 0 Å². The smallest absolute Gasteiger partial charge is 0.162 e. The van der Waals surface area contributed by atoms with Gasteiger partial charge in [0.25, 0.3) is 0 Å². The van der Waals surface area contributed by atoms with Gasteiger partial charge in [0.05, 0.1) is 7.11 Å². The van der Waals surface area contributed by atoms with Gasteiger partial charge in [0, 0.05) is 12.6 Å². The molecule has 3 heteroatoms. The second kappa shape index (κ2) is 5.91. The van der Waals surface area contributed by atoms with Crippen molar-refractivity contribution in [1.29, 1.82) is 0 Å². The molecule has 0 aromatic heterocycles. The van der Waals surface area contributed by atoms with Crippen LogP contribution in [0.4, 0.5) is 0 Å². The van der Waals surface area contributed by atoms with E-state index >= 15 is 0 Å². The summed E-state index contributed by atoms with van der Waals surface area (Å²) in [5.74, 6) is 1.54. The molecule has 0 bridgehead atoms. The molecular weight excluding hydrogens is 226 g/mol. The maximum Gasteiger partial charge on any atom is 0.162 e. The van der Waals surface area contributed by atoms with Crippen LogP contribution in [0, 0.1) is 0 Å². The molecule has 98 valence electrons. The summed E-state index contributed by atoms with van der Waals surface area (Å²) >= 11 is 0. The zero-order chi connectivity index (χ0) is 13.0. The molecule has 1 fully saturated rings. The highest BCUT2D eigenvalue weighted by Gasteiger charge is 2.20. The van der Waals surface area contributed by atoms with Crippen molar-refractivity contribution in [3.63, 3.8) is 0 Å². The predicted molar refractivity (Wildman–Crippen MR) is 73.1 cm³/mol. The number of ether oxygens (including phenoxy) is 2. The molecular formula is C15H21NO2. The lowest BCUT2D eigenvalue weighted by Crippen LogP contribution is -2.15. The Morgan fingerprint density at radius 2 is 2.22 bits per heavy atom. The molecule has 1 aromatic carbocycles. The fourth-order valence-corrected chi connectivity index (χ4v) is 1.72. The zero-order valence-electron chi connectivity index (χ0n) is 11.1. The van der Waals surface area contributed by atoms with Gasteiger partial charge in [-0.3, -0.25) is 0 Å². The normalized spacial score (nSPS) is 16.1. The lowest BCUT2D eigenvalue weighted by molar-refractivity contribution is 0.254. The number of hydrogen-bond donors (Lipinski definition) is 1. The van der Waals surface area contributed by atoms with Crippen LogP contribution in [0.3, 0.4) is 0 Å². The molecule has 1 saturated carbocycles. The van der Waals surface area contributed by atoms with E-state index in [1.54, 1.807) is 13.2 Å². The SMILES string of the molecule is C=CC(C)Oc1ccc(CNC2CC2)cc1OC. The van der Waals surface area contributed by atoms with E-state index in [0.717, 1.165) is 18.0 Å². The number of rotatable bonds is 7. The number of hydrogen-bond acceptors (Lipinski definition) is 3. The van der Waals surface area contributed by atoms with Crippen LogP contribution in [-0.2, 0) is 6.54 Å². The van der Waals surface area contributed by atoms with Crippen LogP contribution in [0.15, 0.2) is 30.9 Å². The van der Waals surface area contributed by atoms with Crippen molar-refractivity contribution in [2.24, 2.45) is 0 Å². The summed E-state index contributed by atoms with van der Waals surface area (Å²) in [4.78, 5) is 0. The Labute approximate surface area is 109 Å². The second-order valence-corrected chi connectivity index (χ2v) is 4.70. The molecule has 0 spiro atoms. The molecule has 1 unspecified atom stereocenters. The molecule has 3 nitrogen and oxygen atoms in total. The van der Waals surface area contributed by atoms with Crippen LogP contribution in [0.25, 0.3) is 0 Å². The molecule has 1 aliphatic carbocycles. The van der Waals surface area contributed by atoms with Crippen molar-refractivity contribution in [2.45, 2.75) is 38.5 Å². The third kappa shape index (κ3) is 3.50. The first-order valence-corrected chi connectivity index (χ1v) is 6.42. The Balaban J connectivity index is 2.03. The quantitative estimate of drug-likeness (QED) is 0.751. The van der Waals surface area contributed by atoms with E-state index in [0.29, 0.717) is 6.04 Å². The van der Waals surface area contributed by atoms with E-state index in [1.165, 1.54) is 18.4 Å². The number of benzene rings is 1. The van der Waals surface area contributed by atoms with Crippen molar-refractivity contribution in [3.05, 3.63) is 36.4 Å². The predicted octanol–water partition coefficient (Wildman–Crippen LogP) is 2.90. The third-order valence-corrected chi connectivity index (χ3v) is 3.05. The number of methoxy groups -OCH3 is 1. The summed E-state index contributed by atoms with van der Waals surface area (Å²) in [6.07, 6.45) is 4.35. The molecule has 0 saturated heterocycles. The van der Waals surface area contributed by atoms with Crippen LogP contribution in [0.5, 0.6) is 11.5 Å². The molecule has 1 N–H and O–H groups in total. The first-order chi connectivity index (χ1) is 8.72. The average Bonchev–Trinajstić information content (AvgIpc) is 3.21. The van der Waals surface area contributed by atoms with Crippen molar-refractivity contribution < 1.29 is 9.47 Å². The van der Waals surface area contributed by atoms with E-state index < -0.39 is 0 Å². The van der Waals surface area contributed by atoms with Gasteiger partial charge in [-0.05, 0) is 37.5 Å². The van der Waals surface area contributed by atoms with Gasteiger partial charge >= 0.3 is 0 Å². The topological polar surface area (TPSA) is 30.5 Å². The van der Waals surface area contributed by atoms with Gasteiger partial charge in [0.1, 0.15) is 6.10 Å². The maximum atomic E-state index is 5.71. The van der Waals surface area contributed by atoms with Gasteiger partial charge in [-0.25, -0.2) is 0 Å². The Hall–Kier alpha value is -1.48. The van der Waals surface area contributed by atoms with E-state index in [2.05, 4.69) is 18.0 Å². The molecule has 0 radical (unpaired) electrons. The first-order valence-electron chi connectivity index (χ1n) is 6.42. The summed E-state index contributed by atoms with van der Waals surface area (Å²) in [5.41, 5.74) is 1.22. The monoisotopic (exact) mass is 247 g/mol. The van der Waals surface area contributed by atoms with Crippen molar-refractivity contribution >= 4 is 0 Å². The fourth-order valence-electron chi connectivity index (χ4n) is 1.72. The van der Waals surface area contributed by atoms with E-state index in [4.69, 9.17) is 9.47 Å². The lowest BCUT2D eigenvalue weighted by atomic mass is 10.2. The minimum Gasteiger partial charge on any atom is -0.493 e. The van der Waals surface area contributed by atoms with Gasteiger partial charge in [-0.15, -0.1) is 0 Å². The van der Waals surface area contributed by atoms with Gasteiger partial charge in [-0.2, -0.15) is 0 Å².